The molecule has 1 saturated carbocycles. The van der Waals surface area contributed by atoms with Gasteiger partial charge in [-0.3, -0.25) is 0 Å². The standard InChI is InChI=1S/C25H33N2/c1-17(2)21-15-19(4)22(16-18(21)3)25-26(5)23-13-9-10-14-24(23)27(25)20-11-7-6-8-12-20/h9-10,13-17,20H,6-8,11-12H2,1-5H3/q+1. The molecule has 1 heterocycles. The fraction of sp³-hybridized carbons (Fsp3) is 0.480. The van der Waals surface area contributed by atoms with Gasteiger partial charge in [0, 0.05) is 0 Å². The Balaban J connectivity index is 1.99. The van der Waals surface area contributed by atoms with Crippen LogP contribution in [0, 0.1) is 13.8 Å². The molecule has 0 radical (unpaired) electrons. The molecule has 0 bridgehead atoms. The third kappa shape index (κ3) is 3.09. The van der Waals surface area contributed by atoms with Crippen molar-refractivity contribution in [2.24, 2.45) is 7.05 Å². The Morgan fingerprint density at radius 1 is 0.963 bits per heavy atom. The Morgan fingerprint density at radius 3 is 2.37 bits per heavy atom. The van der Waals surface area contributed by atoms with Crippen LogP contribution < -0.4 is 4.57 Å². The molecule has 4 rings (SSSR count). The van der Waals surface area contributed by atoms with E-state index in [9.17, 15) is 0 Å². The molecule has 2 nitrogen and oxygen atoms in total. The van der Waals surface area contributed by atoms with E-state index in [2.05, 4.69) is 80.3 Å². The Hall–Kier alpha value is -2.09. The van der Waals surface area contributed by atoms with Gasteiger partial charge in [-0.1, -0.05) is 38.5 Å². The monoisotopic (exact) mass is 361 g/mol. The fourth-order valence-corrected chi connectivity index (χ4v) is 5.06. The number of para-hydroxylation sites is 2. The first-order chi connectivity index (χ1) is 13.0. The van der Waals surface area contributed by atoms with Crippen molar-refractivity contribution >= 4 is 11.0 Å². The van der Waals surface area contributed by atoms with Gasteiger partial charge in [-0.05, 0) is 80.3 Å². The molecule has 0 N–H and O–H groups in total. The lowest BCUT2D eigenvalue weighted by molar-refractivity contribution is -0.634. The van der Waals surface area contributed by atoms with Crippen LogP contribution in [0.5, 0.6) is 0 Å². The highest BCUT2D eigenvalue weighted by molar-refractivity contribution is 5.77. The normalized spacial score (nSPS) is 15.8. The Morgan fingerprint density at radius 2 is 1.67 bits per heavy atom. The molecule has 27 heavy (non-hydrogen) atoms. The minimum atomic E-state index is 0.565. The van der Waals surface area contributed by atoms with Crippen LogP contribution in [-0.2, 0) is 7.05 Å². The Bertz CT molecular complexity index is 972. The molecule has 0 saturated heterocycles. The van der Waals surface area contributed by atoms with Gasteiger partial charge < -0.3 is 0 Å². The summed E-state index contributed by atoms with van der Waals surface area (Å²) in [6.45, 7) is 9.14. The molecule has 1 aromatic heterocycles. The van der Waals surface area contributed by atoms with Crippen molar-refractivity contribution in [2.45, 2.75) is 71.8 Å². The SMILES string of the molecule is Cc1cc(C(C)C)c(C)cc1-c1n(C2CCCCC2)c2ccccc2[n+]1C. The maximum absolute atomic E-state index is 2.66. The zero-order chi connectivity index (χ0) is 19.1. The number of aryl methyl sites for hydroxylation is 3. The lowest BCUT2D eigenvalue weighted by atomic mass is 9.92. The van der Waals surface area contributed by atoms with Crippen molar-refractivity contribution in [3.63, 3.8) is 0 Å². The quantitative estimate of drug-likeness (QED) is 0.479. The van der Waals surface area contributed by atoms with Crippen LogP contribution in [0.1, 0.15) is 74.6 Å². The number of rotatable bonds is 3. The van der Waals surface area contributed by atoms with E-state index in [0.717, 1.165) is 0 Å². The third-order valence-corrected chi connectivity index (χ3v) is 6.46. The molecule has 0 amide bonds. The van der Waals surface area contributed by atoms with Crippen LogP contribution in [0.15, 0.2) is 36.4 Å². The molecule has 1 aliphatic carbocycles. The van der Waals surface area contributed by atoms with Gasteiger partial charge in [0.15, 0.2) is 11.0 Å². The predicted molar refractivity (Wildman–Crippen MR) is 114 cm³/mol. The van der Waals surface area contributed by atoms with Crippen molar-refractivity contribution in [2.75, 3.05) is 0 Å². The Kier molecular flexibility index (Phi) is 4.84. The van der Waals surface area contributed by atoms with E-state index in [4.69, 9.17) is 0 Å². The largest absolute Gasteiger partial charge is 0.290 e. The van der Waals surface area contributed by atoms with E-state index in [1.807, 2.05) is 0 Å². The minimum Gasteiger partial charge on any atom is -0.226 e. The molecule has 1 aliphatic rings. The maximum atomic E-state index is 2.66. The first-order valence-electron chi connectivity index (χ1n) is 10.6. The molecule has 0 aliphatic heterocycles. The number of hydrogen-bond donors (Lipinski definition) is 0. The molecule has 1 fully saturated rings. The third-order valence-electron chi connectivity index (χ3n) is 6.46. The molecule has 0 unspecified atom stereocenters. The molecule has 2 heteroatoms. The summed E-state index contributed by atoms with van der Waals surface area (Å²) in [6, 6.07) is 14.4. The molecular weight excluding hydrogens is 328 g/mol. The van der Waals surface area contributed by atoms with E-state index >= 15 is 0 Å². The fourth-order valence-electron chi connectivity index (χ4n) is 5.06. The zero-order valence-corrected chi connectivity index (χ0v) is 17.5. The molecule has 0 atom stereocenters. The second-order valence-corrected chi connectivity index (χ2v) is 8.71. The van der Waals surface area contributed by atoms with Crippen LogP contribution in [0.25, 0.3) is 22.4 Å². The lowest BCUT2D eigenvalue weighted by Crippen LogP contribution is -2.31. The van der Waals surface area contributed by atoms with Crippen molar-refractivity contribution < 1.29 is 4.57 Å². The van der Waals surface area contributed by atoms with Crippen molar-refractivity contribution in [1.82, 2.24) is 4.57 Å². The van der Waals surface area contributed by atoms with Crippen molar-refractivity contribution in [3.05, 3.63) is 53.1 Å². The summed E-state index contributed by atoms with van der Waals surface area (Å²) in [5.41, 5.74) is 8.38. The van der Waals surface area contributed by atoms with Crippen LogP contribution in [0.4, 0.5) is 0 Å². The van der Waals surface area contributed by atoms with Crippen LogP contribution in [0.3, 0.4) is 0 Å². The summed E-state index contributed by atoms with van der Waals surface area (Å²) < 4.78 is 5.08. The van der Waals surface area contributed by atoms with Crippen molar-refractivity contribution in [1.29, 1.82) is 0 Å². The van der Waals surface area contributed by atoms with Gasteiger partial charge in [0.25, 0.3) is 5.82 Å². The second-order valence-electron chi connectivity index (χ2n) is 8.71. The summed E-state index contributed by atoms with van der Waals surface area (Å²) in [6.07, 6.45) is 6.69. The average Bonchev–Trinajstić information content (AvgIpc) is 2.96. The smallest absolute Gasteiger partial charge is 0.226 e. The zero-order valence-electron chi connectivity index (χ0n) is 17.5. The van der Waals surface area contributed by atoms with E-state index in [0.29, 0.717) is 12.0 Å². The summed E-state index contributed by atoms with van der Waals surface area (Å²) in [5, 5.41) is 0. The van der Waals surface area contributed by atoms with Gasteiger partial charge in [-0.2, -0.15) is 0 Å². The average molecular weight is 362 g/mol. The topological polar surface area (TPSA) is 8.81 Å². The molecule has 0 spiro atoms. The van der Waals surface area contributed by atoms with Gasteiger partial charge >= 0.3 is 0 Å². The van der Waals surface area contributed by atoms with E-state index in [-0.39, 0.29) is 0 Å². The number of fused-ring (bicyclic) bond motifs is 1. The second kappa shape index (κ2) is 7.14. The van der Waals surface area contributed by atoms with E-state index in [1.165, 1.54) is 71.2 Å². The van der Waals surface area contributed by atoms with Crippen molar-refractivity contribution in [3.8, 4) is 11.4 Å². The van der Waals surface area contributed by atoms with Crippen LogP contribution in [-0.4, -0.2) is 4.57 Å². The van der Waals surface area contributed by atoms with Gasteiger partial charge in [0.1, 0.15) is 6.04 Å². The molecule has 142 valence electrons. The number of benzene rings is 2. The highest BCUT2D eigenvalue weighted by Crippen LogP contribution is 2.37. The van der Waals surface area contributed by atoms with E-state index < -0.39 is 0 Å². The van der Waals surface area contributed by atoms with Gasteiger partial charge in [-0.25, -0.2) is 9.13 Å². The predicted octanol–water partition coefficient (Wildman–Crippen LogP) is 6.38. The van der Waals surface area contributed by atoms with Crippen LogP contribution in [0.2, 0.25) is 0 Å². The summed E-state index contributed by atoms with van der Waals surface area (Å²) in [4.78, 5) is 0. The maximum Gasteiger partial charge on any atom is 0.290 e. The summed E-state index contributed by atoms with van der Waals surface area (Å²) >= 11 is 0. The highest BCUT2D eigenvalue weighted by Gasteiger charge is 2.31. The number of nitrogens with zero attached hydrogens (tertiary/aromatic N) is 2. The first kappa shape index (κ1) is 18.3. The molecular formula is C25H33N2+. The summed E-state index contributed by atoms with van der Waals surface area (Å²) in [7, 11) is 2.24. The van der Waals surface area contributed by atoms with Crippen LogP contribution >= 0.6 is 0 Å². The number of hydrogen-bond acceptors (Lipinski definition) is 0. The van der Waals surface area contributed by atoms with Gasteiger partial charge in [0.05, 0.1) is 12.6 Å². The first-order valence-corrected chi connectivity index (χ1v) is 10.6. The number of aromatic nitrogens is 2. The molecule has 2 aromatic carbocycles. The number of imidazole rings is 1. The molecule has 3 aromatic rings. The van der Waals surface area contributed by atoms with E-state index in [1.54, 1.807) is 0 Å². The minimum absolute atomic E-state index is 0.565. The summed E-state index contributed by atoms with van der Waals surface area (Å²) in [5.74, 6) is 1.94. The van der Waals surface area contributed by atoms with Gasteiger partial charge in [-0.15, -0.1) is 0 Å². The lowest BCUT2D eigenvalue weighted by Gasteiger charge is -2.21. The highest BCUT2D eigenvalue weighted by atomic mass is 15.2. The van der Waals surface area contributed by atoms with Gasteiger partial charge in [0.2, 0.25) is 0 Å². The Labute approximate surface area is 163 Å².